The zero-order valence-electron chi connectivity index (χ0n) is 10.7. The molecule has 1 aromatic carbocycles. The molecule has 5 nitrogen and oxygen atoms in total. The molecule has 0 spiro atoms. The molecule has 21 heavy (non-hydrogen) atoms. The smallest absolute Gasteiger partial charge is 0.433 e. The van der Waals surface area contributed by atoms with Gasteiger partial charge in [0.15, 0.2) is 5.69 Å². The zero-order valence-corrected chi connectivity index (χ0v) is 11.4. The highest BCUT2D eigenvalue weighted by atomic mass is 35.5. The van der Waals surface area contributed by atoms with E-state index in [2.05, 4.69) is 20.6 Å². The minimum absolute atomic E-state index is 0.126. The van der Waals surface area contributed by atoms with Gasteiger partial charge in [-0.3, -0.25) is 0 Å². The minimum Gasteiger partial charge on any atom is -0.506 e. The molecule has 0 atom stereocenters. The van der Waals surface area contributed by atoms with Gasteiger partial charge < -0.3 is 15.7 Å². The molecule has 1 aromatic heterocycles. The highest BCUT2D eigenvalue weighted by Gasteiger charge is 2.33. The summed E-state index contributed by atoms with van der Waals surface area (Å²) in [5.41, 5.74) is -0.970. The van der Waals surface area contributed by atoms with Crippen molar-refractivity contribution in [2.45, 2.75) is 6.18 Å². The van der Waals surface area contributed by atoms with Crippen molar-refractivity contribution in [2.24, 2.45) is 0 Å². The third kappa shape index (κ3) is 3.66. The highest BCUT2D eigenvalue weighted by Crippen LogP contribution is 2.32. The van der Waals surface area contributed by atoms with Gasteiger partial charge in [-0.1, -0.05) is 11.6 Å². The number of nitrogens with zero attached hydrogens (tertiary/aromatic N) is 2. The Hall–Kier alpha value is -2.22. The SMILES string of the molecule is CNc1nc(Nc2cc(Cl)ccc2O)cc(C(F)(F)F)n1. The van der Waals surface area contributed by atoms with E-state index in [0.717, 1.165) is 6.07 Å². The normalized spacial score (nSPS) is 11.3. The zero-order chi connectivity index (χ0) is 15.6. The summed E-state index contributed by atoms with van der Waals surface area (Å²) < 4.78 is 38.3. The van der Waals surface area contributed by atoms with E-state index in [9.17, 15) is 18.3 Å². The maximum atomic E-state index is 12.8. The third-order valence-electron chi connectivity index (χ3n) is 2.46. The first kappa shape index (κ1) is 15.2. The summed E-state index contributed by atoms with van der Waals surface area (Å²) in [5.74, 6) is -0.495. The number of phenols is 1. The molecule has 2 aromatic rings. The molecule has 112 valence electrons. The lowest BCUT2D eigenvalue weighted by Crippen LogP contribution is -2.12. The Balaban J connectivity index is 2.42. The van der Waals surface area contributed by atoms with Crippen LogP contribution < -0.4 is 10.6 Å². The molecule has 0 aliphatic rings. The molecular weight excluding hydrogens is 309 g/mol. The predicted octanol–water partition coefficient (Wildman–Crippen LogP) is 3.64. The van der Waals surface area contributed by atoms with Gasteiger partial charge in [0.1, 0.15) is 11.6 Å². The average Bonchev–Trinajstić information content (AvgIpc) is 2.41. The van der Waals surface area contributed by atoms with Gasteiger partial charge in [-0.15, -0.1) is 0 Å². The number of benzene rings is 1. The van der Waals surface area contributed by atoms with Gasteiger partial charge in [-0.25, -0.2) is 4.98 Å². The first-order chi connectivity index (χ1) is 9.79. The number of anilines is 3. The lowest BCUT2D eigenvalue weighted by molar-refractivity contribution is -0.141. The van der Waals surface area contributed by atoms with E-state index in [1.54, 1.807) is 0 Å². The average molecular weight is 319 g/mol. The van der Waals surface area contributed by atoms with E-state index in [-0.39, 0.29) is 23.2 Å². The number of aromatic nitrogens is 2. The molecule has 0 aliphatic carbocycles. The number of hydrogen-bond acceptors (Lipinski definition) is 5. The fraction of sp³-hybridized carbons (Fsp3) is 0.167. The molecule has 0 saturated heterocycles. The second kappa shape index (κ2) is 5.65. The quantitative estimate of drug-likeness (QED) is 0.754. The molecule has 0 radical (unpaired) electrons. The first-order valence-corrected chi connectivity index (χ1v) is 6.07. The number of alkyl halides is 3. The van der Waals surface area contributed by atoms with Crippen LogP contribution in [0.5, 0.6) is 5.75 Å². The Bertz CT molecular complexity index is 663. The number of rotatable bonds is 3. The Kier molecular flexibility index (Phi) is 4.08. The van der Waals surface area contributed by atoms with Gasteiger partial charge in [0.05, 0.1) is 5.69 Å². The summed E-state index contributed by atoms with van der Waals surface area (Å²) in [6.07, 6.45) is -4.61. The van der Waals surface area contributed by atoms with E-state index in [0.29, 0.717) is 5.02 Å². The van der Waals surface area contributed by atoms with Crippen molar-refractivity contribution in [2.75, 3.05) is 17.7 Å². The van der Waals surface area contributed by atoms with Crippen molar-refractivity contribution in [1.29, 1.82) is 0 Å². The van der Waals surface area contributed by atoms with Gasteiger partial charge in [-0.05, 0) is 18.2 Å². The summed E-state index contributed by atoms with van der Waals surface area (Å²) in [6, 6.07) is 4.87. The van der Waals surface area contributed by atoms with Crippen LogP contribution >= 0.6 is 11.6 Å². The van der Waals surface area contributed by atoms with Gasteiger partial charge in [0.25, 0.3) is 0 Å². The molecule has 0 unspecified atom stereocenters. The van der Waals surface area contributed by atoms with Crippen LogP contribution in [0.2, 0.25) is 5.02 Å². The fourth-order valence-corrected chi connectivity index (χ4v) is 1.69. The van der Waals surface area contributed by atoms with Crippen LogP contribution in [-0.2, 0) is 6.18 Å². The second-order valence-corrected chi connectivity index (χ2v) is 4.43. The van der Waals surface area contributed by atoms with Gasteiger partial charge in [0, 0.05) is 18.1 Å². The lowest BCUT2D eigenvalue weighted by Gasteiger charge is -2.12. The van der Waals surface area contributed by atoms with E-state index in [4.69, 9.17) is 11.6 Å². The summed E-state index contributed by atoms with van der Waals surface area (Å²) in [7, 11) is 1.40. The Labute approximate surface area is 122 Å². The fourth-order valence-electron chi connectivity index (χ4n) is 1.51. The Morgan fingerprint density at radius 2 is 1.90 bits per heavy atom. The summed E-state index contributed by atoms with van der Waals surface area (Å²) >= 11 is 5.77. The molecule has 0 amide bonds. The lowest BCUT2D eigenvalue weighted by atomic mass is 10.3. The van der Waals surface area contributed by atoms with E-state index < -0.39 is 11.9 Å². The minimum atomic E-state index is -4.61. The van der Waals surface area contributed by atoms with E-state index >= 15 is 0 Å². The van der Waals surface area contributed by atoms with Crippen molar-refractivity contribution >= 4 is 29.1 Å². The molecule has 2 rings (SSSR count). The van der Waals surface area contributed by atoms with Gasteiger partial charge in [0.2, 0.25) is 5.95 Å². The summed E-state index contributed by atoms with van der Waals surface area (Å²) in [4.78, 5) is 7.17. The number of halogens is 4. The predicted molar refractivity (Wildman–Crippen MR) is 73.0 cm³/mol. The molecular formula is C12H10ClF3N4O. The van der Waals surface area contributed by atoms with Crippen molar-refractivity contribution in [3.8, 4) is 5.75 Å². The molecule has 0 aliphatic heterocycles. The highest BCUT2D eigenvalue weighted by molar-refractivity contribution is 6.30. The number of nitrogens with one attached hydrogen (secondary N) is 2. The second-order valence-electron chi connectivity index (χ2n) is 4.00. The number of hydrogen-bond donors (Lipinski definition) is 3. The van der Waals surface area contributed by atoms with Crippen molar-refractivity contribution in [1.82, 2.24) is 9.97 Å². The van der Waals surface area contributed by atoms with Crippen LogP contribution in [0.4, 0.5) is 30.6 Å². The van der Waals surface area contributed by atoms with Crippen LogP contribution in [-0.4, -0.2) is 22.1 Å². The van der Waals surface area contributed by atoms with E-state index in [1.165, 1.54) is 25.2 Å². The van der Waals surface area contributed by atoms with Crippen LogP contribution in [0.15, 0.2) is 24.3 Å². The maximum Gasteiger partial charge on any atom is 0.433 e. The summed E-state index contributed by atoms with van der Waals surface area (Å²) in [5, 5.41) is 15.0. The molecule has 9 heteroatoms. The van der Waals surface area contributed by atoms with Crippen LogP contribution in [0, 0.1) is 0 Å². The van der Waals surface area contributed by atoms with Gasteiger partial charge >= 0.3 is 6.18 Å². The Morgan fingerprint density at radius 1 is 1.19 bits per heavy atom. The largest absolute Gasteiger partial charge is 0.506 e. The first-order valence-electron chi connectivity index (χ1n) is 5.69. The number of aromatic hydroxyl groups is 1. The van der Waals surface area contributed by atoms with Crippen molar-refractivity contribution < 1.29 is 18.3 Å². The topological polar surface area (TPSA) is 70.1 Å². The van der Waals surface area contributed by atoms with Crippen LogP contribution in [0.1, 0.15) is 5.69 Å². The molecule has 0 bridgehead atoms. The molecule has 0 saturated carbocycles. The maximum absolute atomic E-state index is 12.8. The van der Waals surface area contributed by atoms with Crippen LogP contribution in [0.25, 0.3) is 0 Å². The molecule has 0 fully saturated rings. The third-order valence-corrected chi connectivity index (χ3v) is 2.70. The molecule has 3 N–H and O–H groups in total. The summed E-state index contributed by atoms with van der Waals surface area (Å²) in [6.45, 7) is 0. The Morgan fingerprint density at radius 3 is 2.52 bits per heavy atom. The van der Waals surface area contributed by atoms with Gasteiger partial charge in [-0.2, -0.15) is 18.2 Å². The standard InChI is InChI=1S/C12H10ClF3N4O/c1-17-11-19-9(12(14,15)16)5-10(20-11)18-7-4-6(13)2-3-8(7)21/h2-5,21H,1H3,(H2,17,18,19,20). The van der Waals surface area contributed by atoms with Crippen LogP contribution in [0.3, 0.4) is 0 Å². The molecule has 1 heterocycles. The van der Waals surface area contributed by atoms with Crippen molar-refractivity contribution in [3.05, 3.63) is 35.0 Å². The number of phenolic OH excluding ortho intramolecular Hbond substituents is 1. The van der Waals surface area contributed by atoms with E-state index in [1.807, 2.05) is 0 Å². The monoisotopic (exact) mass is 318 g/mol. The van der Waals surface area contributed by atoms with Crippen molar-refractivity contribution in [3.63, 3.8) is 0 Å².